The molecule has 1 saturated heterocycles. The topological polar surface area (TPSA) is 97.8 Å². The highest BCUT2D eigenvalue weighted by atomic mass is 16.7. The van der Waals surface area contributed by atoms with Crippen molar-refractivity contribution in [3.63, 3.8) is 0 Å². The predicted molar refractivity (Wildman–Crippen MR) is 70.1 cm³/mol. The van der Waals surface area contributed by atoms with E-state index >= 15 is 0 Å². The number of nitrogens with two attached hydrogens (primary N) is 1. The Balaban J connectivity index is 1.78. The molecule has 8 heteroatoms. The molecule has 0 aromatic carbocycles. The van der Waals surface area contributed by atoms with Crippen LogP contribution in [0.1, 0.15) is 13.2 Å². The summed E-state index contributed by atoms with van der Waals surface area (Å²) in [6.45, 7) is 4.16. The number of aromatic nitrogens is 2. The van der Waals surface area contributed by atoms with E-state index in [1.165, 1.54) is 16.8 Å². The van der Waals surface area contributed by atoms with Gasteiger partial charge in [0.25, 0.3) is 0 Å². The number of hydrogen-bond acceptors (Lipinski definition) is 7. The van der Waals surface area contributed by atoms with Gasteiger partial charge in [-0.3, -0.25) is 4.57 Å². The summed E-state index contributed by atoms with van der Waals surface area (Å²) in [7, 11) is 0. The van der Waals surface area contributed by atoms with E-state index in [1.54, 1.807) is 0 Å². The van der Waals surface area contributed by atoms with Gasteiger partial charge in [-0.15, -0.1) is 0 Å². The molecule has 0 saturated carbocycles. The third-order valence-corrected chi connectivity index (χ3v) is 2.73. The first-order valence-electron chi connectivity index (χ1n) is 6.48. The van der Waals surface area contributed by atoms with Crippen molar-refractivity contribution in [2.45, 2.75) is 19.4 Å². The Morgan fingerprint density at radius 3 is 3.05 bits per heavy atom. The number of nitrogens with zero attached hydrogens (tertiary/aromatic N) is 2. The highest BCUT2D eigenvalue weighted by Gasteiger charge is 2.28. The minimum atomic E-state index is -0.504. The number of rotatable bonds is 7. The van der Waals surface area contributed by atoms with Crippen molar-refractivity contribution in [1.82, 2.24) is 9.55 Å². The zero-order chi connectivity index (χ0) is 14.4. The molecule has 1 aliphatic rings. The molecule has 0 radical (unpaired) electrons. The van der Waals surface area contributed by atoms with Crippen LogP contribution in [0.3, 0.4) is 0 Å². The molecule has 0 aliphatic carbocycles. The molecule has 1 aliphatic heterocycles. The van der Waals surface area contributed by atoms with Gasteiger partial charge in [-0.05, 0) is 13.0 Å². The van der Waals surface area contributed by atoms with Gasteiger partial charge in [-0.2, -0.15) is 4.98 Å². The van der Waals surface area contributed by atoms with Crippen molar-refractivity contribution < 1.29 is 18.9 Å². The van der Waals surface area contributed by atoms with Crippen molar-refractivity contribution in [3.8, 4) is 0 Å². The van der Waals surface area contributed by atoms with Gasteiger partial charge in [-0.25, -0.2) is 4.79 Å². The average molecular weight is 285 g/mol. The van der Waals surface area contributed by atoms with Crippen LogP contribution in [0.2, 0.25) is 0 Å². The molecule has 20 heavy (non-hydrogen) atoms. The quantitative estimate of drug-likeness (QED) is 0.690. The van der Waals surface area contributed by atoms with Crippen LogP contribution in [0.15, 0.2) is 17.1 Å². The first kappa shape index (κ1) is 14.9. The standard InChI is InChI=1S/C12H19N3O5/c1-2-17-5-6-18-8-11-19-7-10(20-11)15-4-3-9(13)14-12(15)16/h3-4,10-11H,2,5-8H2,1H3,(H2,13,14,16). The van der Waals surface area contributed by atoms with Crippen molar-refractivity contribution >= 4 is 5.82 Å². The van der Waals surface area contributed by atoms with Gasteiger partial charge in [0.2, 0.25) is 0 Å². The highest BCUT2D eigenvalue weighted by Crippen LogP contribution is 2.19. The van der Waals surface area contributed by atoms with E-state index in [-0.39, 0.29) is 12.4 Å². The predicted octanol–water partition coefficient (Wildman–Crippen LogP) is -0.250. The van der Waals surface area contributed by atoms with Crippen molar-refractivity contribution in [2.75, 3.05) is 38.8 Å². The Kier molecular flexibility index (Phi) is 5.48. The molecule has 2 atom stereocenters. The largest absolute Gasteiger partial charge is 0.383 e. The molecule has 8 nitrogen and oxygen atoms in total. The average Bonchev–Trinajstić information content (AvgIpc) is 2.87. The first-order valence-corrected chi connectivity index (χ1v) is 6.48. The Bertz CT molecular complexity index is 478. The third kappa shape index (κ3) is 4.01. The molecule has 0 spiro atoms. The Morgan fingerprint density at radius 1 is 1.50 bits per heavy atom. The summed E-state index contributed by atoms with van der Waals surface area (Å²) < 4.78 is 22.8. The van der Waals surface area contributed by atoms with E-state index in [1.807, 2.05) is 6.92 Å². The fourth-order valence-electron chi connectivity index (χ4n) is 1.76. The summed E-state index contributed by atoms with van der Waals surface area (Å²) in [5, 5.41) is 0. The monoisotopic (exact) mass is 285 g/mol. The molecule has 0 bridgehead atoms. The second-order valence-electron chi connectivity index (χ2n) is 4.17. The highest BCUT2D eigenvalue weighted by molar-refractivity contribution is 5.23. The molecular weight excluding hydrogens is 266 g/mol. The SMILES string of the molecule is CCOCCOCC1OCC(n2ccc(N)nc2=O)O1. The maximum Gasteiger partial charge on any atom is 0.351 e. The van der Waals surface area contributed by atoms with Gasteiger partial charge in [0.1, 0.15) is 5.82 Å². The summed E-state index contributed by atoms with van der Waals surface area (Å²) in [6, 6.07) is 1.54. The summed E-state index contributed by atoms with van der Waals surface area (Å²) in [5.41, 5.74) is 4.97. The molecular formula is C12H19N3O5. The second-order valence-corrected chi connectivity index (χ2v) is 4.17. The van der Waals surface area contributed by atoms with E-state index < -0.39 is 18.2 Å². The Labute approximate surface area is 116 Å². The lowest BCUT2D eigenvalue weighted by molar-refractivity contribution is -0.119. The normalized spacial score (nSPS) is 22.2. The lowest BCUT2D eigenvalue weighted by atomic mass is 10.5. The smallest absolute Gasteiger partial charge is 0.351 e. The Hall–Kier alpha value is -1.48. The van der Waals surface area contributed by atoms with Gasteiger partial charge < -0.3 is 24.7 Å². The van der Waals surface area contributed by atoms with Crippen LogP contribution < -0.4 is 11.4 Å². The fourth-order valence-corrected chi connectivity index (χ4v) is 1.76. The van der Waals surface area contributed by atoms with Crippen LogP contribution in [0.4, 0.5) is 5.82 Å². The molecule has 1 aromatic heterocycles. The molecule has 0 amide bonds. The van der Waals surface area contributed by atoms with E-state index in [0.717, 1.165) is 0 Å². The number of hydrogen-bond donors (Lipinski definition) is 1. The molecule has 2 N–H and O–H groups in total. The second kappa shape index (κ2) is 7.34. The van der Waals surface area contributed by atoms with Gasteiger partial charge in [-0.1, -0.05) is 0 Å². The molecule has 2 heterocycles. The van der Waals surface area contributed by atoms with E-state index in [4.69, 9.17) is 24.7 Å². The molecule has 2 rings (SSSR count). The number of anilines is 1. The summed E-state index contributed by atoms with van der Waals surface area (Å²) in [5.74, 6) is 0.181. The van der Waals surface area contributed by atoms with Gasteiger partial charge in [0, 0.05) is 12.8 Å². The maximum atomic E-state index is 11.7. The van der Waals surface area contributed by atoms with Crippen molar-refractivity contribution in [1.29, 1.82) is 0 Å². The van der Waals surface area contributed by atoms with E-state index in [2.05, 4.69) is 4.98 Å². The first-order chi connectivity index (χ1) is 9.70. The van der Waals surface area contributed by atoms with Gasteiger partial charge in [0.05, 0.1) is 26.4 Å². The van der Waals surface area contributed by atoms with Crippen LogP contribution in [-0.2, 0) is 18.9 Å². The fraction of sp³-hybridized carbons (Fsp3) is 0.667. The summed E-state index contributed by atoms with van der Waals surface area (Å²) in [6.07, 6.45) is 0.541. The van der Waals surface area contributed by atoms with Crippen LogP contribution in [0.5, 0.6) is 0 Å². The zero-order valence-corrected chi connectivity index (χ0v) is 11.4. The van der Waals surface area contributed by atoms with E-state index in [9.17, 15) is 4.79 Å². The van der Waals surface area contributed by atoms with Crippen LogP contribution in [0, 0.1) is 0 Å². The Morgan fingerprint density at radius 2 is 2.30 bits per heavy atom. The van der Waals surface area contributed by atoms with Gasteiger partial charge in [0.15, 0.2) is 12.5 Å². The van der Waals surface area contributed by atoms with Gasteiger partial charge >= 0.3 is 5.69 Å². The minimum absolute atomic E-state index is 0.181. The molecule has 2 unspecified atom stereocenters. The number of nitrogen functional groups attached to an aromatic ring is 1. The lowest BCUT2D eigenvalue weighted by Crippen LogP contribution is -2.28. The van der Waals surface area contributed by atoms with Crippen LogP contribution in [-0.4, -0.2) is 48.9 Å². The molecule has 112 valence electrons. The molecule has 1 aromatic rings. The zero-order valence-electron chi connectivity index (χ0n) is 11.4. The van der Waals surface area contributed by atoms with Crippen LogP contribution in [0.25, 0.3) is 0 Å². The van der Waals surface area contributed by atoms with Crippen molar-refractivity contribution in [2.24, 2.45) is 0 Å². The lowest BCUT2D eigenvalue weighted by Gasteiger charge is -2.13. The number of ether oxygens (including phenoxy) is 4. The minimum Gasteiger partial charge on any atom is -0.383 e. The maximum absolute atomic E-state index is 11.7. The third-order valence-electron chi connectivity index (χ3n) is 2.73. The summed E-state index contributed by atoms with van der Waals surface area (Å²) >= 11 is 0. The summed E-state index contributed by atoms with van der Waals surface area (Å²) in [4.78, 5) is 15.3. The van der Waals surface area contributed by atoms with E-state index in [0.29, 0.717) is 26.4 Å². The van der Waals surface area contributed by atoms with Crippen LogP contribution >= 0.6 is 0 Å². The molecule has 1 fully saturated rings. The van der Waals surface area contributed by atoms with Crippen molar-refractivity contribution in [3.05, 3.63) is 22.7 Å².